The van der Waals surface area contributed by atoms with Crippen LogP contribution < -0.4 is 0 Å². The van der Waals surface area contributed by atoms with E-state index in [9.17, 15) is 18.0 Å². The van der Waals surface area contributed by atoms with Gasteiger partial charge in [0.05, 0.1) is 11.4 Å². The molecule has 0 atom stereocenters. The van der Waals surface area contributed by atoms with Crippen LogP contribution in [0.2, 0.25) is 0 Å². The minimum absolute atomic E-state index is 0.00193. The quantitative estimate of drug-likeness (QED) is 0.303. The van der Waals surface area contributed by atoms with E-state index in [0.29, 0.717) is 44.5 Å². The minimum Gasteiger partial charge on any atom is -0.338 e. The maximum absolute atomic E-state index is 13.9. The fraction of sp³-hybridized carbons (Fsp3) is 0.412. The van der Waals surface area contributed by atoms with Gasteiger partial charge < -0.3 is 9.80 Å². The second kappa shape index (κ2) is 13.7. The van der Waals surface area contributed by atoms with Crippen LogP contribution in [0.5, 0.6) is 0 Å². The zero-order valence-corrected chi connectivity index (χ0v) is 26.0. The number of benzene rings is 3. The highest BCUT2D eigenvalue weighted by Crippen LogP contribution is 2.25. The van der Waals surface area contributed by atoms with E-state index in [1.807, 2.05) is 71.3 Å². The fourth-order valence-electron chi connectivity index (χ4n) is 5.39. The van der Waals surface area contributed by atoms with Crippen LogP contribution in [0.25, 0.3) is 0 Å². The van der Waals surface area contributed by atoms with Crippen molar-refractivity contribution >= 4 is 21.8 Å². The number of likely N-dealkylation sites (tertiary alicyclic amines) is 1. The monoisotopic (exact) mass is 589 g/mol. The van der Waals surface area contributed by atoms with Gasteiger partial charge in [-0.15, -0.1) is 0 Å². The van der Waals surface area contributed by atoms with Gasteiger partial charge in [-0.25, -0.2) is 8.42 Å². The van der Waals surface area contributed by atoms with Gasteiger partial charge in [-0.2, -0.15) is 4.31 Å². The molecule has 1 heterocycles. The van der Waals surface area contributed by atoms with Crippen LogP contribution in [-0.4, -0.2) is 66.6 Å². The first-order valence-corrected chi connectivity index (χ1v) is 16.2. The zero-order chi connectivity index (χ0) is 30.3. The molecule has 0 saturated carbocycles. The molecule has 4 rings (SSSR count). The molecule has 1 saturated heterocycles. The van der Waals surface area contributed by atoms with Crippen LogP contribution in [0.4, 0.5) is 0 Å². The summed E-state index contributed by atoms with van der Waals surface area (Å²) in [5.74, 6) is -0.229. The van der Waals surface area contributed by atoms with E-state index >= 15 is 0 Å². The van der Waals surface area contributed by atoms with Gasteiger partial charge in [-0.05, 0) is 60.1 Å². The lowest BCUT2D eigenvalue weighted by Crippen LogP contribution is -2.51. The molecule has 1 aliphatic heterocycles. The Kier molecular flexibility index (Phi) is 10.2. The van der Waals surface area contributed by atoms with E-state index < -0.39 is 10.0 Å². The van der Waals surface area contributed by atoms with E-state index in [1.165, 1.54) is 9.87 Å². The van der Waals surface area contributed by atoms with Crippen molar-refractivity contribution in [2.24, 2.45) is 0 Å². The predicted molar refractivity (Wildman–Crippen MR) is 167 cm³/mol. The molecule has 8 heteroatoms. The summed E-state index contributed by atoms with van der Waals surface area (Å²) in [4.78, 5) is 31.1. The second-order valence-corrected chi connectivity index (χ2v) is 13.9. The average Bonchev–Trinajstić information content (AvgIpc) is 3.00. The molecule has 1 fully saturated rings. The normalized spacial score (nSPS) is 14.6. The number of nitrogens with zero attached hydrogens (tertiary/aromatic N) is 3. The Labute approximate surface area is 251 Å². The molecule has 7 nitrogen and oxygen atoms in total. The summed E-state index contributed by atoms with van der Waals surface area (Å²) in [6.07, 6.45) is 1.85. The minimum atomic E-state index is -3.83. The first-order valence-electron chi connectivity index (χ1n) is 14.8. The van der Waals surface area contributed by atoms with Crippen molar-refractivity contribution in [3.63, 3.8) is 0 Å². The summed E-state index contributed by atoms with van der Waals surface area (Å²) in [6.45, 7) is 9.83. The maximum Gasteiger partial charge on any atom is 0.253 e. The van der Waals surface area contributed by atoms with E-state index in [0.717, 1.165) is 5.56 Å². The molecule has 1 aliphatic rings. The predicted octanol–water partition coefficient (Wildman–Crippen LogP) is 5.72. The molecule has 3 aromatic rings. The molecule has 3 aromatic carbocycles. The number of amides is 2. The van der Waals surface area contributed by atoms with Gasteiger partial charge in [0.2, 0.25) is 15.9 Å². The number of hydrogen-bond donors (Lipinski definition) is 0. The van der Waals surface area contributed by atoms with Crippen LogP contribution in [0, 0.1) is 0 Å². The number of sulfonamides is 1. The molecule has 0 radical (unpaired) electrons. The van der Waals surface area contributed by atoms with Gasteiger partial charge in [-0.3, -0.25) is 9.59 Å². The van der Waals surface area contributed by atoms with E-state index in [4.69, 9.17) is 0 Å². The molecule has 0 N–H and O–H groups in total. The summed E-state index contributed by atoms with van der Waals surface area (Å²) < 4.78 is 28.2. The fourth-order valence-corrected chi connectivity index (χ4v) is 6.90. The SMILES string of the molecule is CCCN(CC(=O)N(Cc1ccccc1)C1CCN(C(=O)c2ccc(C(C)(C)C)cc2)CC1)S(=O)(=O)c1ccccc1. The van der Waals surface area contributed by atoms with Crippen LogP contribution in [-0.2, 0) is 26.8 Å². The smallest absolute Gasteiger partial charge is 0.253 e. The molecular formula is C34H43N3O4S. The molecule has 0 aromatic heterocycles. The number of carbonyl (C=O) groups excluding carboxylic acids is 2. The Hall–Kier alpha value is -3.49. The third-order valence-electron chi connectivity index (χ3n) is 7.87. The lowest BCUT2D eigenvalue weighted by Gasteiger charge is -2.39. The van der Waals surface area contributed by atoms with Crippen molar-refractivity contribution in [1.82, 2.24) is 14.1 Å². The Balaban J connectivity index is 1.49. The molecular weight excluding hydrogens is 546 g/mol. The summed E-state index contributed by atoms with van der Waals surface area (Å²) in [6, 6.07) is 25.8. The highest BCUT2D eigenvalue weighted by molar-refractivity contribution is 7.89. The van der Waals surface area contributed by atoms with E-state index in [2.05, 4.69) is 20.8 Å². The summed E-state index contributed by atoms with van der Waals surface area (Å²) >= 11 is 0. The first-order chi connectivity index (χ1) is 20.0. The van der Waals surface area contributed by atoms with Crippen molar-refractivity contribution in [1.29, 1.82) is 0 Å². The van der Waals surface area contributed by atoms with Crippen LogP contribution >= 0.6 is 0 Å². The highest BCUT2D eigenvalue weighted by Gasteiger charge is 2.33. The molecule has 0 bridgehead atoms. The number of carbonyl (C=O) groups is 2. The second-order valence-electron chi connectivity index (χ2n) is 12.0. The highest BCUT2D eigenvalue weighted by atomic mass is 32.2. The van der Waals surface area contributed by atoms with Crippen LogP contribution in [0.3, 0.4) is 0 Å². The van der Waals surface area contributed by atoms with Gasteiger partial charge in [0.15, 0.2) is 0 Å². The molecule has 0 aliphatic carbocycles. The molecule has 224 valence electrons. The van der Waals surface area contributed by atoms with Gasteiger partial charge in [-0.1, -0.05) is 88.4 Å². The van der Waals surface area contributed by atoms with Crippen LogP contribution in [0.1, 0.15) is 68.4 Å². The number of rotatable bonds is 10. The van der Waals surface area contributed by atoms with Gasteiger partial charge in [0.25, 0.3) is 5.91 Å². The zero-order valence-electron chi connectivity index (χ0n) is 25.2. The third kappa shape index (κ3) is 7.66. The van der Waals surface area contributed by atoms with Gasteiger partial charge >= 0.3 is 0 Å². The molecule has 0 spiro atoms. The van der Waals surface area contributed by atoms with Gasteiger partial charge in [0, 0.05) is 37.8 Å². The lowest BCUT2D eigenvalue weighted by molar-refractivity contribution is -0.135. The van der Waals surface area contributed by atoms with Crippen molar-refractivity contribution in [3.8, 4) is 0 Å². The third-order valence-corrected chi connectivity index (χ3v) is 9.73. The molecule has 0 unspecified atom stereocenters. The Bertz CT molecular complexity index is 1430. The Morgan fingerprint density at radius 3 is 1.98 bits per heavy atom. The number of hydrogen-bond acceptors (Lipinski definition) is 4. The molecule has 42 heavy (non-hydrogen) atoms. The average molecular weight is 590 g/mol. The Morgan fingerprint density at radius 1 is 0.857 bits per heavy atom. The van der Waals surface area contributed by atoms with Crippen molar-refractivity contribution in [2.45, 2.75) is 69.9 Å². The lowest BCUT2D eigenvalue weighted by atomic mass is 9.86. The standard InChI is InChI=1S/C34H43N3O4S/c1-5-22-36(42(40,41)31-14-10-7-11-15-31)26-32(38)37(25-27-12-8-6-9-13-27)30-20-23-35(24-21-30)33(39)28-16-18-29(19-17-28)34(2,3)4/h6-19,30H,5,20-26H2,1-4H3. The van der Waals surface area contributed by atoms with Crippen molar-refractivity contribution < 1.29 is 18.0 Å². The van der Waals surface area contributed by atoms with Crippen molar-refractivity contribution in [2.75, 3.05) is 26.2 Å². The Morgan fingerprint density at radius 2 is 1.43 bits per heavy atom. The summed E-state index contributed by atoms with van der Waals surface area (Å²) in [7, 11) is -3.83. The van der Waals surface area contributed by atoms with E-state index in [1.54, 1.807) is 30.3 Å². The van der Waals surface area contributed by atoms with Crippen LogP contribution in [0.15, 0.2) is 89.8 Å². The maximum atomic E-state index is 13.9. The number of piperidine rings is 1. The van der Waals surface area contributed by atoms with Gasteiger partial charge in [0.1, 0.15) is 0 Å². The molecule has 2 amide bonds. The summed E-state index contributed by atoms with van der Waals surface area (Å²) in [5, 5.41) is 0. The first kappa shape index (κ1) is 31.4. The topological polar surface area (TPSA) is 78.0 Å². The van der Waals surface area contributed by atoms with Crippen molar-refractivity contribution in [3.05, 3.63) is 102 Å². The summed E-state index contributed by atoms with van der Waals surface area (Å²) in [5.41, 5.74) is 2.84. The van der Waals surface area contributed by atoms with E-state index in [-0.39, 0.29) is 41.3 Å². The largest absolute Gasteiger partial charge is 0.338 e.